The highest BCUT2D eigenvalue weighted by Gasteiger charge is 2.09. The molecular weight excluding hydrogens is 190 g/mol. The van der Waals surface area contributed by atoms with Crippen LogP contribution in [0, 0.1) is 5.41 Å². The largest absolute Gasteiger partial charge is 0.480 e. The molecule has 0 saturated carbocycles. The first-order valence-electron chi connectivity index (χ1n) is 3.94. The first-order chi connectivity index (χ1) is 6.18. The van der Waals surface area contributed by atoms with E-state index in [1.807, 2.05) is 0 Å². The van der Waals surface area contributed by atoms with Gasteiger partial charge in [0.05, 0.1) is 0 Å². The van der Waals surface area contributed by atoms with Crippen molar-refractivity contribution < 1.29 is 9.90 Å². The zero-order valence-electron chi connectivity index (χ0n) is 7.32. The zero-order chi connectivity index (χ0) is 10.1. The average molecular weight is 205 g/mol. The lowest BCUT2D eigenvalue weighted by Gasteiger charge is -2.05. The molecule has 0 radical (unpaired) electrons. The van der Waals surface area contributed by atoms with Gasteiger partial charge in [0.15, 0.2) is 0 Å². The van der Waals surface area contributed by atoms with Crippen LogP contribution in [0.25, 0.3) is 0 Å². The summed E-state index contributed by atoms with van der Waals surface area (Å²) < 4.78 is 0. The lowest BCUT2D eigenvalue weighted by atomic mass is 10.4. The van der Waals surface area contributed by atoms with Crippen LogP contribution in [0.2, 0.25) is 0 Å². The van der Waals surface area contributed by atoms with Crippen molar-refractivity contribution in [1.82, 2.24) is 5.32 Å². The highest BCUT2D eigenvalue weighted by atomic mass is 32.2. The summed E-state index contributed by atoms with van der Waals surface area (Å²) >= 11 is 1.50. The van der Waals surface area contributed by atoms with E-state index in [0.717, 1.165) is 12.3 Å². The molecule has 0 rings (SSSR count). The van der Waals surface area contributed by atoms with Gasteiger partial charge in [-0.15, -0.1) is 0 Å². The summed E-state index contributed by atoms with van der Waals surface area (Å²) in [5.41, 5.74) is 5.28. The van der Waals surface area contributed by atoms with E-state index in [0.29, 0.717) is 12.3 Å². The van der Waals surface area contributed by atoms with Gasteiger partial charge < -0.3 is 21.6 Å². The zero-order valence-corrected chi connectivity index (χ0v) is 8.14. The fourth-order valence-corrected chi connectivity index (χ4v) is 1.45. The number of hydrogen-bond acceptors (Lipinski definition) is 5. The van der Waals surface area contributed by atoms with E-state index < -0.39 is 12.0 Å². The average Bonchev–Trinajstić information content (AvgIpc) is 2.10. The van der Waals surface area contributed by atoms with Gasteiger partial charge in [-0.25, -0.2) is 0 Å². The minimum Gasteiger partial charge on any atom is -0.480 e. The van der Waals surface area contributed by atoms with Crippen molar-refractivity contribution >= 4 is 23.9 Å². The van der Waals surface area contributed by atoms with Crippen LogP contribution in [0.3, 0.4) is 0 Å². The Morgan fingerprint density at radius 2 is 2.46 bits per heavy atom. The smallest absolute Gasteiger partial charge is 0.321 e. The predicted molar refractivity (Wildman–Crippen MR) is 54.6 cm³/mol. The molecule has 0 fully saturated rings. The maximum atomic E-state index is 10.3. The van der Waals surface area contributed by atoms with Crippen LogP contribution < -0.4 is 11.1 Å². The van der Waals surface area contributed by atoms with Crippen LogP contribution in [0.1, 0.15) is 0 Å². The number of nitrogens with one attached hydrogen (secondary N) is 2. The third-order valence-corrected chi connectivity index (χ3v) is 2.37. The van der Waals surface area contributed by atoms with Gasteiger partial charge >= 0.3 is 5.97 Å². The molecule has 0 saturated heterocycles. The Kier molecular flexibility index (Phi) is 7.66. The third-order valence-electron chi connectivity index (χ3n) is 1.28. The second kappa shape index (κ2) is 8.03. The molecule has 0 spiro atoms. The van der Waals surface area contributed by atoms with Crippen molar-refractivity contribution in [3.8, 4) is 0 Å². The van der Waals surface area contributed by atoms with Gasteiger partial charge in [0.25, 0.3) is 0 Å². The summed E-state index contributed by atoms with van der Waals surface area (Å²) in [5, 5.41) is 18.1. The van der Waals surface area contributed by atoms with E-state index in [2.05, 4.69) is 5.32 Å². The molecule has 0 bridgehead atoms. The van der Waals surface area contributed by atoms with E-state index >= 15 is 0 Å². The van der Waals surface area contributed by atoms with E-state index in [4.69, 9.17) is 16.2 Å². The molecule has 0 aliphatic rings. The van der Waals surface area contributed by atoms with Crippen molar-refractivity contribution in [2.24, 2.45) is 5.73 Å². The number of carboxylic acid groups (broad SMARTS) is 1. The number of nitrogens with two attached hydrogens (primary N) is 1. The van der Waals surface area contributed by atoms with Crippen LogP contribution in [0.5, 0.6) is 0 Å². The van der Waals surface area contributed by atoms with Crippen LogP contribution in [0.4, 0.5) is 0 Å². The van der Waals surface area contributed by atoms with Gasteiger partial charge in [-0.1, -0.05) is 0 Å². The number of carboxylic acids is 1. The molecule has 0 aliphatic carbocycles. The van der Waals surface area contributed by atoms with Gasteiger partial charge in [-0.2, -0.15) is 11.8 Å². The standard InChI is InChI=1S/C7H15N3O2S/c8-1-2-10-3-4-13-5-6(9)7(11)12/h1,6,8,10H,2-5,9H2,(H,11,12)/t6-/m0/s1. The fourth-order valence-electron chi connectivity index (χ4n) is 0.600. The normalized spacial score (nSPS) is 12.4. The number of thioether (sulfide) groups is 1. The molecule has 76 valence electrons. The first-order valence-corrected chi connectivity index (χ1v) is 5.09. The Balaban J connectivity index is 3.15. The van der Waals surface area contributed by atoms with Crippen molar-refractivity contribution in [1.29, 1.82) is 5.41 Å². The quantitative estimate of drug-likeness (QED) is 0.312. The summed E-state index contributed by atoms with van der Waals surface area (Å²) in [7, 11) is 0. The minimum absolute atomic E-state index is 0.432. The summed E-state index contributed by atoms with van der Waals surface area (Å²) in [4.78, 5) is 10.3. The minimum atomic E-state index is -0.958. The summed E-state index contributed by atoms with van der Waals surface area (Å²) in [5.74, 6) is 0.288. The van der Waals surface area contributed by atoms with Gasteiger partial charge in [0.1, 0.15) is 6.04 Å². The molecule has 0 aromatic heterocycles. The Morgan fingerprint density at radius 3 is 3.00 bits per heavy atom. The molecule has 5 nitrogen and oxygen atoms in total. The Hall–Kier alpha value is -0.590. The molecule has 0 aliphatic heterocycles. The fraction of sp³-hybridized carbons (Fsp3) is 0.714. The van der Waals surface area contributed by atoms with Gasteiger partial charge in [0.2, 0.25) is 0 Å². The molecule has 1 atom stereocenters. The Labute approximate surface area is 81.6 Å². The number of rotatable bonds is 8. The molecule has 0 heterocycles. The predicted octanol–water partition coefficient (Wildman–Crippen LogP) is -0.629. The molecule has 6 heteroatoms. The van der Waals surface area contributed by atoms with Crippen molar-refractivity contribution in [2.45, 2.75) is 6.04 Å². The summed E-state index contributed by atoms with van der Waals surface area (Å²) in [6.07, 6.45) is 1.29. The van der Waals surface area contributed by atoms with Crippen molar-refractivity contribution in [2.75, 3.05) is 24.6 Å². The molecule has 0 aromatic carbocycles. The van der Waals surface area contributed by atoms with Crippen molar-refractivity contribution in [3.05, 3.63) is 0 Å². The van der Waals surface area contributed by atoms with Crippen LogP contribution in [-0.2, 0) is 4.79 Å². The van der Waals surface area contributed by atoms with Crippen LogP contribution in [-0.4, -0.2) is 47.9 Å². The lowest BCUT2D eigenvalue weighted by molar-refractivity contribution is -0.137. The lowest BCUT2D eigenvalue weighted by Crippen LogP contribution is -2.33. The summed E-state index contributed by atoms with van der Waals surface area (Å²) in [6.45, 7) is 1.33. The molecule has 0 amide bonds. The van der Waals surface area contributed by atoms with Gasteiger partial charge in [-0.3, -0.25) is 4.79 Å². The van der Waals surface area contributed by atoms with E-state index in [1.54, 1.807) is 0 Å². The number of carbonyl (C=O) groups is 1. The molecule has 13 heavy (non-hydrogen) atoms. The monoisotopic (exact) mass is 205 g/mol. The maximum absolute atomic E-state index is 10.3. The third kappa shape index (κ3) is 7.76. The van der Waals surface area contributed by atoms with Gasteiger partial charge in [-0.05, 0) is 0 Å². The highest BCUT2D eigenvalue weighted by Crippen LogP contribution is 2.00. The Morgan fingerprint density at radius 1 is 1.77 bits per heavy atom. The van der Waals surface area contributed by atoms with Gasteiger partial charge in [0, 0.05) is 30.8 Å². The van der Waals surface area contributed by atoms with Crippen LogP contribution in [0.15, 0.2) is 0 Å². The Bertz CT molecular complexity index is 166. The SMILES string of the molecule is N=CCNCCSC[C@H](N)C(=O)O. The van der Waals surface area contributed by atoms with Crippen molar-refractivity contribution in [3.63, 3.8) is 0 Å². The second-order valence-corrected chi connectivity index (χ2v) is 3.58. The first kappa shape index (κ1) is 12.4. The summed E-state index contributed by atoms with van der Waals surface area (Å²) in [6, 6.07) is -0.771. The molecule has 5 N–H and O–H groups in total. The molecule has 0 aromatic rings. The van der Waals surface area contributed by atoms with E-state index in [-0.39, 0.29) is 0 Å². The van der Waals surface area contributed by atoms with Crippen LogP contribution >= 0.6 is 11.8 Å². The highest BCUT2D eigenvalue weighted by molar-refractivity contribution is 7.99. The topological polar surface area (TPSA) is 99.2 Å². The van der Waals surface area contributed by atoms with E-state index in [9.17, 15) is 4.79 Å². The number of aliphatic carboxylic acids is 1. The maximum Gasteiger partial charge on any atom is 0.321 e. The second-order valence-electron chi connectivity index (χ2n) is 2.43. The molecule has 0 unspecified atom stereocenters. The number of hydrogen-bond donors (Lipinski definition) is 4. The van der Waals surface area contributed by atoms with E-state index in [1.165, 1.54) is 18.0 Å². The molecular formula is C7H15N3O2S.